The maximum Gasteiger partial charge on any atom is 0.234 e. The van der Waals surface area contributed by atoms with Gasteiger partial charge in [-0.1, -0.05) is 11.8 Å². The quantitative estimate of drug-likeness (QED) is 0.666. The van der Waals surface area contributed by atoms with Crippen molar-refractivity contribution in [3.63, 3.8) is 0 Å². The summed E-state index contributed by atoms with van der Waals surface area (Å²) >= 11 is 1.34. The lowest BCUT2D eigenvalue weighted by molar-refractivity contribution is -0.113. The third-order valence-corrected chi connectivity index (χ3v) is 4.84. The fourth-order valence-electron chi connectivity index (χ4n) is 2.42. The van der Waals surface area contributed by atoms with Crippen molar-refractivity contribution in [2.45, 2.75) is 5.16 Å². The van der Waals surface area contributed by atoms with Crippen molar-refractivity contribution < 1.29 is 13.9 Å². The summed E-state index contributed by atoms with van der Waals surface area (Å²) in [6, 6.07) is 13.4. The van der Waals surface area contributed by atoms with Crippen LogP contribution in [0.4, 0.5) is 10.1 Å². The van der Waals surface area contributed by atoms with Crippen molar-refractivity contribution in [3.05, 3.63) is 60.5 Å². The van der Waals surface area contributed by atoms with E-state index >= 15 is 0 Å². The Morgan fingerprint density at radius 1 is 1.19 bits per heavy atom. The first-order chi connectivity index (χ1) is 12.6. The molecule has 0 aliphatic heterocycles. The molecule has 0 aliphatic rings. The smallest absolute Gasteiger partial charge is 0.234 e. The molecule has 3 rings (SSSR count). The minimum Gasteiger partial charge on any atom is -0.497 e. The Morgan fingerprint density at radius 2 is 1.88 bits per heavy atom. The van der Waals surface area contributed by atoms with E-state index in [1.54, 1.807) is 13.3 Å². The number of rotatable bonds is 6. The molecule has 0 spiro atoms. The highest BCUT2D eigenvalue weighted by Gasteiger charge is 2.11. The van der Waals surface area contributed by atoms with Crippen LogP contribution in [0.1, 0.15) is 0 Å². The van der Waals surface area contributed by atoms with Crippen LogP contribution >= 0.6 is 11.8 Å². The zero-order valence-corrected chi connectivity index (χ0v) is 15.2. The maximum atomic E-state index is 12.9. The van der Waals surface area contributed by atoms with Gasteiger partial charge < -0.3 is 14.6 Å². The molecular weight excluding hydrogens is 353 g/mol. The second-order valence-corrected chi connectivity index (χ2v) is 6.50. The summed E-state index contributed by atoms with van der Waals surface area (Å²) in [7, 11) is 3.54. The van der Waals surface area contributed by atoms with Gasteiger partial charge in [-0.3, -0.25) is 4.79 Å². The van der Waals surface area contributed by atoms with Gasteiger partial charge in [0.25, 0.3) is 0 Å². The standard InChI is InChI=1S/C19H18FN3O2S/c1-23-17(13-3-9-16(25-2)10-4-13)11-21-19(23)26-12-18(24)22-15-7-5-14(20)6-8-15/h3-11H,12H2,1-2H3,(H,22,24). The summed E-state index contributed by atoms with van der Waals surface area (Å²) in [6.45, 7) is 0. The van der Waals surface area contributed by atoms with Crippen LogP contribution in [-0.2, 0) is 11.8 Å². The second kappa shape index (κ2) is 8.05. The summed E-state index contributed by atoms with van der Waals surface area (Å²) in [6.07, 6.45) is 1.78. The Morgan fingerprint density at radius 3 is 2.54 bits per heavy atom. The molecule has 0 atom stereocenters. The van der Waals surface area contributed by atoms with Crippen molar-refractivity contribution in [2.75, 3.05) is 18.2 Å². The molecule has 26 heavy (non-hydrogen) atoms. The van der Waals surface area contributed by atoms with E-state index in [-0.39, 0.29) is 17.5 Å². The highest BCUT2D eigenvalue weighted by atomic mass is 32.2. The van der Waals surface area contributed by atoms with E-state index in [0.29, 0.717) is 5.69 Å². The average Bonchev–Trinajstić information content (AvgIpc) is 3.02. The lowest BCUT2D eigenvalue weighted by atomic mass is 10.1. The summed E-state index contributed by atoms with van der Waals surface area (Å²) in [4.78, 5) is 16.4. The molecule has 0 bridgehead atoms. The van der Waals surface area contributed by atoms with Gasteiger partial charge in [0.15, 0.2) is 5.16 Å². The Labute approximate surface area is 155 Å². The molecule has 7 heteroatoms. The van der Waals surface area contributed by atoms with Crippen LogP contribution in [-0.4, -0.2) is 28.3 Å². The van der Waals surface area contributed by atoms with Gasteiger partial charge in [0.05, 0.1) is 24.8 Å². The zero-order chi connectivity index (χ0) is 18.5. The Bertz CT molecular complexity index is 892. The number of thioether (sulfide) groups is 1. The van der Waals surface area contributed by atoms with Gasteiger partial charge in [-0.2, -0.15) is 0 Å². The van der Waals surface area contributed by atoms with Crippen LogP contribution in [0, 0.1) is 5.82 Å². The molecule has 2 aromatic carbocycles. The predicted octanol–water partition coefficient (Wildman–Crippen LogP) is 3.97. The molecule has 3 aromatic rings. The monoisotopic (exact) mass is 371 g/mol. The number of anilines is 1. The normalized spacial score (nSPS) is 10.6. The van der Waals surface area contributed by atoms with E-state index in [2.05, 4.69) is 10.3 Å². The van der Waals surface area contributed by atoms with Crippen LogP contribution < -0.4 is 10.1 Å². The number of carbonyl (C=O) groups is 1. The summed E-state index contributed by atoms with van der Waals surface area (Å²) in [5.74, 6) is 0.500. The van der Waals surface area contributed by atoms with Crippen molar-refractivity contribution in [1.82, 2.24) is 9.55 Å². The van der Waals surface area contributed by atoms with E-state index in [4.69, 9.17) is 4.74 Å². The third-order valence-electron chi connectivity index (χ3n) is 3.79. The van der Waals surface area contributed by atoms with Gasteiger partial charge in [0, 0.05) is 18.3 Å². The number of methoxy groups -OCH3 is 1. The molecule has 5 nitrogen and oxygen atoms in total. The first kappa shape index (κ1) is 18.0. The topological polar surface area (TPSA) is 56.1 Å². The van der Waals surface area contributed by atoms with Crippen molar-refractivity contribution in [3.8, 4) is 17.0 Å². The number of carbonyl (C=O) groups excluding carboxylic acids is 1. The van der Waals surface area contributed by atoms with Gasteiger partial charge in [0.1, 0.15) is 11.6 Å². The van der Waals surface area contributed by atoms with E-state index in [1.165, 1.54) is 36.0 Å². The summed E-state index contributed by atoms with van der Waals surface area (Å²) in [5.41, 5.74) is 2.54. The van der Waals surface area contributed by atoms with Crippen LogP contribution in [0.15, 0.2) is 59.9 Å². The second-order valence-electron chi connectivity index (χ2n) is 5.56. The molecule has 0 unspecified atom stereocenters. The van der Waals surface area contributed by atoms with Gasteiger partial charge in [-0.05, 0) is 48.5 Å². The molecule has 134 valence electrons. The molecule has 1 aromatic heterocycles. The van der Waals surface area contributed by atoms with Crippen LogP contribution in [0.25, 0.3) is 11.3 Å². The molecule has 1 heterocycles. The van der Waals surface area contributed by atoms with Crippen LogP contribution in [0.2, 0.25) is 0 Å². The predicted molar refractivity (Wildman–Crippen MR) is 101 cm³/mol. The van der Waals surface area contributed by atoms with Gasteiger partial charge in [-0.25, -0.2) is 9.37 Å². The number of amides is 1. The van der Waals surface area contributed by atoms with E-state index in [1.807, 2.05) is 35.9 Å². The maximum absolute atomic E-state index is 12.9. The third kappa shape index (κ3) is 4.23. The highest BCUT2D eigenvalue weighted by Crippen LogP contribution is 2.26. The van der Waals surface area contributed by atoms with Crippen LogP contribution in [0.3, 0.4) is 0 Å². The van der Waals surface area contributed by atoms with Crippen LogP contribution in [0.5, 0.6) is 5.75 Å². The Hall–Kier alpha value is -2.80. The molecule has 0 radical (unpaired) electrons. The first-order valence-electron chi connectivity index (χ1n) is 7.91. The molecule has 0 fully saturated rings. The SMILES string of the molecule is COc1ccc(-c2cnc(SCC(=O)Nc3ccc(F)cc3)n2C)cc1. The first-order valence-corrected chi connectivity index (χ1v) is 8.90. The number of nitrogens with one attached hydrogen (secondary N) is 1. The molecule has 1 amide bonds. The van der Waals surface area contributed by atoms with Gasteiger partial charge in [0.2, 0.25) is 5.91 Å². The number of halogens is 1. The number of hydrogen-bond donors (Lipinski definition) is 1. The Balaban J connectivity index is 1.62. The minimum atomic E-state index is -0.337. The lowest BCUT2D eigenvalue weighted by Crippen LogP contribution is -2.14. The number of ether oxygens (including phenoxy) is 1. The van der Waals surface area contributed by atoms with Crippen molar-refractivity contribution >= 4 is 23.4 Å². The molecule has 0 saturated heterocycles. The fraction of sp³-hybridized carbons (Fsp3) is 0.158. The molecular formula is C19H18FN3O2S. The van der Waals surface area contributed by atoms with E-state index in [0.717, 1.165) is 22.2 Å². The number of hydrogen-bond acceptors (Lipinski definition) is 4. The molecule has 0 saturated carbocycles. The van der Waals surface area contributed by atoms with Crippen molar-refractivity contribution in [1.29, 1.82) is 0 Å². The number of benzene rings is 2. The summed E-state index contributed by atoms with van der Waals surface area (Å²) in [5, 5.41) is 3.47. The van der Waals surface area contributed by atoms with E-state index < -0.39 is 0 Å². The van der Waals surface area contributed by atoms with Gasteiger partial charge in [-0.15, -0.1) is 0 Å². The summed E-state index contributed by atoms with van der Waals surface area (Å²) < 4.78 is 20.0. The number of nitrogens with zero attached hydrogens (tertiary/aromatic N) is 2. The largest absolute Gasteiger partial charge is 0.497 e. The number of imidazole rings is 1. The molecule has 0 aliphatic carbocycles. The zero-order valence-electron chi connectivity index (χ0n) is 14.4. The van der Waals surface area contributed by atoms with Gasteiger partial charge >= 0.3 is 0 Å². The van der Waals surface area contributed by atoms with E-state index in [9.17, 15) is 9.18 Å². The highest BCUT2D eigenvalue weighted by molar-refractivity contribution is 7.99. The van der Waals surface area contributed by atoms with Crippen molar-refractivity contribution in [2.24, 2.45) is 7.05 Å². The number of aromatic nitrogens is 2. The average molecular weight is 371 g/mol. The Kier molecular flexibility index (Phi) is 5.58. The lowest BCUT2D eigenvalue weighted by Gasteiger charge is -2.07. The molecule has 1 N–H and O–H groups in total. The fourth-order valence-corrected chi connectivity index (χ4v) is 3.17. The minimum absolute atomic E-state index is 0.171.